The number of aliphatic hydroxyl groups is 1. The van der Waals surface area contributed by atoms with Gasteiger partial charge in [-0.2, -0.15) is 4.98 Å². The van der Waals surface area contributed by atoms with Crippen LogP contribution in [-0.2, 0) is 25.4 Å². The summed E-state index contributed by atoms with van der Waals surface area (Å²) in [5, 5.41) is 12.7. The van der Waals surface area contributed by atoms with E-state index in [-0.39, 0.29) is 23.7 Å². The number of nitrogens with two attached hydrogens (primary N) is 1. The Morgan fingerprint density at radius 2 is 1.03 bits per heavy atom. The zero-order valence-corrected chi connectivity index (χ0v) is 31.4. The molecular weight excluding hydrogens is 727 g/mol. The maximum atomic E-state index is 13.0. The molecule has 6 aromatic carbocycles. The van der Waals surface area contributed by atoms with Crippen molar-refractivity contribution in [2.24, 2.45) is 0 Å². The van der Waals surface area contributed by atoms with Crippen molar-refractivity contribution in [3.8, 4) is 0 Å². The lowest BCUT2D eigenvalue weighted by molar-refractivity contribution is -0.122. The lowest BCUT2D eigenvalue weighted by Gasteiger charge is -2.40. The number of hydrogen-bond acceptors (Lipinski definition) is 8. The van der Waals surface area contributed by atoms with E-state index in [0.717, 1.165) is 33.4 Å². The molecule has 2 aromatic heterocycles. The average Bonchev–Trinajstić information content (AvgIpc) is 3.84. The summed E-state index contributed by atoms with van der Waals surface area (Å²) in [7, 11) is 0. The number of H-pyrrole nitrogens is 1. The summed E-state index contributed by atoms with van der Waals surface area (Å²) in [6.45, 7) is -0.0615. The Morgan fingerprint density at radius 3 is 1.45 bits per heavy atom. The van der Waals surface area contributed by atoms with E-state index < -0.39 is 41.3 Å². The van der Waals surface area contributed by atoms with Crippen LogP contribution in [0.2, 0.25) is 0 Å². The molecule has 0 radical (unpaired) electrons. The average molecular weight is 768 g/mol. The molecule has 10 heteroatoms. The van der Waals surface area contributed by atoms with Gasteiger partial charge < -0.3 is 25.1 Å². The minimum absolute atomic E-state index is 0.0615. The SMILES string of the molecule is Nc1nc2c(ncn2[C@@H]2O[C@H](COC(c3ccccc3)(c3ccccc3)c3ccccc3)[C@H](O)[C@H]2OC(c2ccccc2)(c2ccccc2)c2ccccc2)c(=O)[nH]1. The van der Waals surface area contributed by atoms with Crippen molar-refractivity contribution >= 4 is 17.1 Å². The van der Waals surface area contributed by atoms with Crippen molar-refractivity contribution in [1.82, 2.24) is 19.5 Å². The van der Waals surface area contributed by atoms with E-state index in [4.69, 9.17) is 19.9 Å². The van der Waals surface area contributed by atoms with Crippen molar-refractivity contribution in [1.29, 1.82) is 0 Å². The second-order valence-corrected chi connectivity index (χ2v) is 14.3. The number of hydrogen-bond donors (Lipinski definition) is 3. The summed E-state index contributed by atoms with van der Waals surface area (Å²) in [6.07, 6.45) is -2.86. The fourth-order valence-electron chi connectivity index (χ4n) is 8.24. The highest BCUT2D eigenvalue weighted by Gasteiger charge is 2.52. The highest BCUT2D eigenvalue weighted by Crippen LogP contribution is 2.47. The number of imidazole rings is 1. The highest BCUT2D eigenvalue weighted by molar-refractivity contribution is 5.70. The number of nitrogens with zero attached hydrogens (tertiary/aromatic N) is 3. The normalized spacial score (nSPS) is 18.4. The summed E-state index contributed by atoms with van der Waals surface area (Å²) in [5.74, 6) is -0.0827. The first-order chi connectivity index (χ1) is 28.5. The van der Waals surface area contributed by atoms with Crippen LogP contribution in [-0.4, -0.2) is 49.5 Å². The number of fused-ring (bicyclic) bond motifs is 1. The monoisotopic (exact) mass is 767 g/mol. The molecule has 1 fully saturated rings. The first kappa shape index (κ1) is 36.9. The Kier molecular flexibility index (Phi) is 9.98. The van der Waals surface area contributed by atoms with E-state index in [1.807, 2.05) is 182 Å². The van der Waals surface area contributed by atoms with Crippen LogP contribution in [0.4, 0.5) is 5.95 Å². The van der Waals surface area contributed by atoms with Crippen molar-refractivity contribution in [3.63, 3.8) is 0 Å². The molecule has 1 aliphatic rings. The van der Waals surface area contributed by atoms with Gasteiger partial charge in [0.25, 0.3) is 5.56 Å². The number of ether oxygens (including phenoxy) is 3. The van der Waals surface area contributed by atoms with Gasteiger partial charge in [0.2, 0.25) is 5.95 Å². The Labute approximate surface area is 335 Å². The van der Waals surface area contributed by atoms with E-state index >= 15 is 0 Å². The summed E-state index contributed by atoms with van der Waals surface area (Å²) in [4.78, 5) is 24.5. The van der Waals surface area contributed by atoms with Gasteiger partial charge in [0, 0.05) is 0 Å². The predicted octanol–water partition coefficient (Wildman–Crippen LogP) is 7.35. The lowest BCUT2D eigenvalue weighted by atomic mass is 9.79. The minimum atomic E-state index is -1.27. The molecule has 0 amide bonds. The third kappa shape index (κ3) is 6.48. The van der Waals surface area contributed by atoms with Gasteiger partial charge in [0.05, 0.1) is 12.9 Å². The smallest absolute Gasteiger partial charge is 0.280 e. The van der Waals surface area contributed by atoms with Crippen LogP contribution in [0.25, 0.3) is 11.2 Å². The molecule has 8 aromatic rings. The van der Waals surface area contributed by atoms with E-state index in [1.165, 1.54) is 6.33 Å². The standard InChI is InChI=1S/C48H41N5O5/c49-46-51-43-40(44(55)52-46)50-32-53(43)45-42(58-48(36-25-13-4-14-26-36,37-27-15-5-16-28-37)38-29-17-6-18-30-38)41(54)39(57-45)31-56-47(33-19-7-1-8-20-33,34-21-9-2-10-22-34)35-23-11-3-12-24-35/h1-30,32,39,41-42,45,54H,31H2,(H3,49,51,52,55)/t39-,41+,42-,45-/m1/s1. The largest absolute Gasteiger partial charge is 0.387 e. The molecule has 3 heterocycles. The molecule has 10 nitrogen and oxygen atoms in total. The van der Waals surface area contributed by atoms with Gasteiger partial charge in [-0.1, -0.05) is 182 Å². The maximum absolute atomic E-state index is 13.0. The van der Waals surface area contributed by atoms with Crippen LogP contribution in [0.15, 0.2) is 193 Å². The first-order valence-electron chi connectivity index (χ1n) is 19.2. The zero-order chi connectivity index (χ0) is 39.5. The summed E-state index contributed by atoms with van der Waals surface area (Å²) in [5.41, 5.74) is 8.73. The number of benzene rings is 6. The second-order valence-electron chi connectivity index (χ2n) is 14.3. The third-order valence-corrected chi connectivity index (χ3v) is 10.9. The van der Waals surface area contributed by atoms with Crippen LogP contribution in [0.1, 0.15) is 39.6 Å². The molecule has 1 aliphatic heterocycles. The highest BCUT2D eigenvalue weighted by atomic mass is 16.6. The van der Waals surface area contributed by atoms with Crippen LogP contribution < -0.4 is 11.3 Å². The fourth-order valence-corrected chi connectivity index (χ4v) is 8.24. The number of aliphatic hydroxyl groups excluding tert-OH is 1. The second kappa shape index (κ2) is 15.7. The summed E-state index contributed by atoms with van der Waals surface area (Å²) in [6, 6.07) is 59.8. The molecule has 288 valence electrons. The van der Waals surface area contributed by atoms with Gasteiger partial charge in [0.1, 0.15) is 29.5 Å². The number of aromatic nitrogens is 4. The van der Waals surface area contributed by atoms with Crippen LogP contribution in [0, 0.1) is 0 Å². The predicted molar refractivity (Wildman–Crippen MR) is 222 cm³/mol. The molecule has 1 saturated heterocycles. The van der Waals surface area contributed by atoms with E-state index in [9.17, 15) is 9.90 Å². The van der Waals surface area contributed by atoms with Gasteiger partial charge in [0.15, 0.2) is 17.4 Å². The molecule has 58 heavy (non-hydrogen) atoms. The van der Waals surface area contributed by atoms with Crippen molar-refractivity contribution in [3.05, 3.63) is 232 Å². The van der Waals surface area contributed by atoms with Gasteiger partial charge >= 0.3 is 0 Å². The zero-order valence-electron chi connectivity index (χ0n) is 31.4. The van der Waals surface area contributed by atoms with Crippen LogP contribution in [0.5, 0.6) is 0 Å². The molecule has 0 unspecified atom stereocenters. The van der Waals surface area contributed by atoms with Crippen molar-refractivity contribution in [2.45, 2.75) is 35.7 Å². The minimum Gasteiger partial charge on any atom is -0.387 e. The Balaban J connectivity index is 1.20. The maximum Gasteiger partial charge on any atom is 0.280 e. The van der Waals surface area contributed by atoms with Crippen molar-refractivity contribution in [2.75, 3.05) is 12.3 Å². The number of anilines is 1. The first-order valence-corrected chi connectivity index (χ1v) is 19.2. The quantitative estimate of drug-likeness (QED) is 0.110. The molecule has 9 rings (SSSR count). The molecule has 4 atom stereocenters. The van der Waals surface area contributed by atoms with Crippen molar-refractivity contribution < 1.29 is 19.3 Å². The Hall–Kier alpha value is -6.69. The fraction of sp³-hybridized carbons (Fsp3) is 0.146. The van der Waals surface area contributed by atoms with E-state index in [0.29, 0.717) is 0 Å². The number of rotatable bonds is 12. The Morgan fingerprint density at radius 1 is 0.638 bits per heavy atom. The van der Waals surface area contributed by atoms with Gasteiger partial charge in [-0.15, -0.1) is 0 Å². The van der Waals surface area contributed by atoms with Gasteiger partial charge in [-0.3, -0.25) is 14.3 Å². The van der Waals surface area contributed by atoms with E-state index in [2.05, 4.69) is 15.0 Å². The van der Waals surface area contributed by atoms with Gasteiger partial charge in [-0.05, 0) is 33.4 Å². The van der Waals surface area contributed by atoms with Gasteiger partial charge in [-0.25, -0.2) is 4.98 Å². The van der Waals surface area contributed by atoms with E-state index in [1.54, 1.807) is 4.57 Å². The topological polar surface area (TPSA) is 138 Å². The number of nitrogens with one attached hydrogen (secondary N) is 1. The Bertz CT molecular complexity index is 2450. The number of aromatic amines is 1. The molecular formula is C48H41N5O5. The summed E-state index contributed by atoms with van der Waals surface area (Å²) < 4.78 is 23.2. The molecule has 0 bridgehead atoms. The lowest BCUT2D eigenvalue weighted by Crippen LogP contribution is -2.45. The molecule has 4 N–H and O–H groups in total. The third-order valence-electron chi connectivity index (χ3n) is 10.9. The van der Waals surface area contributed by atoms with Crippen LogP contribution >= 0.6 is 0 Å². The molecule has 0 saturated carbocycles. The number of nitrogen functional groups attached to an aromatic ring is 1. The molecule has 0 spiro atoms. The summed E-state index contributed by atoms with van der Waals surface area (Å²) >= 11 is 0. The molecule has 0 aliphatic carbocycles. The van der Waals surface area contributed by atoms with Crippen LogP contribution in [0.3, 0.4) is 0 Å².